The molecule has 1 heterocycles. The van der Waals surface area contributed by atoms with Crippen molar-refractivity contribution in [2.75, 3.05) is 7.11 Å². The molecule has 0 fully saturated rings. The summed E-state index contributed by atoms with van der Waals surface area (Å²) in [7, 11) is 1.70. The summed E-state index contributed by atoms with van der Waals surface area (Å²) in [6.07, 6.45) is 9.15. The third kappa shape index (κ3) is 6.32. The number of thioether (sulfide) groups is 1. The summed E-state index contributed by atoms with van der Waals surface area (Å²) in [5.41, 5.74) is 2.66. The van der Waals surface area contributed by atoms with Crippen LogP contribution < -0.4 is 4.74 Å². The van der Waals surface area contributed by atoms with Crippen LogP contribution in [-0.2, 0) is 18.7 Å². The second kappa shape index (κ2) is 10.0. The molecule has 5 heteroatoms. The summed E-state index contributed by atoms with van der Waals surface area (Å²) < 4.78 is 7.58. The Morgan fingerprint density at radius 2 is 1.79 bits per heavy atom. The molecular formula is C23H27ClN2OS. The van der Waals surface area contributed by atoms with Crippen molar-refractivity contribution in [3.8, 4) is 5.75 Å². The van der Waals surface area contributed by atoms with Crippen LogP contribution >= 0.6 is 23.4 Å². The lowest BCUT2D eigenvalue weighted by molar-refractivity contribution is 0.414. The Hall–Kier alpha value is -1.91. The molecule has 28 heavy (non-hydrogen) atoms. The van der Waals surface area contributed by atoms with Crippen molar-refractivity contribution in [2.24, 2.45) is 0 Å². The van der Waals surface area contributed by atoms with Crippen LogP contribution in [0.5, 0.6) is 5.75 Å². The first kappa shape index (κ1) is 20.8. The highest BCUT2D eigenvalue weighted by Gasteiger charge is 2.25. The number of hydrogen-bond donors (Lipinski definition) is 0. The molecule has 0 aliphatic heterocycles. The molecule has 1 atom stereocenters. The lowest BCUT2D eigenvalue weighted by Gasteiger charge is -2.30. The van der Waals surface area contributed by atoms with Gasteiger partial charge in [-0.15, -0.1) is 11.8 Å². The van der Waals surface area contributed by atoms with Crippen molar-refractivity contribution >= 4 is 23.4 Å². The molecule has 0 saturated heterocycles. The van der Waals surface area contributed by atoms with Crippen LogP contribution in [0.25, 0.3) is 0 Å². The van der Waals surface area contributed by atoms with Crippen LogP contribution in [-0.4, -0.2) is 21.4 Å². The molecular weight excluding hydrogens is 388 g/mol. The molecule has 3 nitrogen and oxygen atoms in total. The molecule has 3 rings (SSSR count). The number of rotatable bonds is 10. The fourth-order valence-corrected chi connectivity index (χ4v) is 4.62. The van der Waals surface area contributed by atoms with E-state index in [4.69, 9.17) is 16.3 Å². The standard InChI is InChI=1S/C23H27ClN2OS/c1-23(17-26-15-14-25-18-26,13-3-4-19-5-9-21(24)10-6-19)28-16-20-7-11-22(27-2)12-8-20/h5-12,14-15,18H,3-4,13,16-17H2,1-2H3. The van der Waals surface area contributed by atoms with E-state index in [1.54, 1.807) is 7.11 Å². The number of hydrogen-bond acceptors (Lipinski definition) is 3. The van der Waals surface area contributed by atoms with E-state index in [-0.39, 0.29) is 4.75 Å². The average molecular weight is 415 g/mol. The van der Waals surface area contributed by atoms with Gasteiger partial charge in [0.25, 0.3) is 0 Å². The van der Waals surface area contributed by atoms with Crippen LogP contribution in [0.1, 0.15) is 30.9 Å². The minimum absolute atomic E-state index is 0.132. The molecule has 1 aromatic heterocycles. The molecule has 0 radical (unpaired) electrons. The molecule has 0 bridgehead atoms. The van der Waals surface area contributed by atoms with Gasteiger partial charge in [0.05, 0.1) is 13.4 Å². The van der Waals surface area contributed by atoms with Crippen LogP contribution in [0.2, 0.25) is 5.02 Å². The number of nitrogens with zero attached hydrogens (tertiary/aromatic N) is 2. The third-order valence-corrected chi connectivity index (χ3v) is 6.67. The smallest absolute Gasteiger partial charge is 0.118 e. The van der Waals surface area contributed by atoms with Gasteiger partial charge < -0.3 is 9.30 Å². The van der Waals surface area contributed by atoms with Gasteiger partial charge in [-0.25, -0.2) is 4.98 Å². The summed E-state index contributed by atoms with van der Waals surface area (Å²) in [4.78, 5) is 4.21. The zero-order valence-electron chi connectivity index (χ0n) is 16.5. The van der Waals surface area contributed by atoms with E-state index >= 15 is 0 Å². The summed E-state index contributed by atoms with van der Waals surface area (Å²) >= 11 is 8.01. The highest BCUT2D eigenvalue weighted by atomic mass is 35.5. The zero-order valence-corrected chi connectivity index (χ0v) is 18.0. The van der Waals surface area contributed by atoms with Gasteiger partial charge in [0.2, 0.25) is 0 Å². The SMILES string of the molecule is COc1ccc(CSC(C)(CCCc2ccc(Cl)cc2)Cn2ccnc2)cc1. The van der Waals surface area contributed by atoms with Gasteiger partial charge in [0, 0.05) is 34.5 Å². The number of ether oxygens (including phenoxy) is 1. The second-order valence-electron chi connectivity index (χ2n) is 7.30. The quantitative estimate of drug-likeness (QED) is 0.391. The maximum Gasteiger partial charge on any atom is 0.118 e. The van der Waals surface area contributed by atoms with E-state index in [1.165, 1.54) is 11.1 Å². The predicted molar refractivity (Wildman–Crippen MR) is 119 cm³/mol. The van der Waals surface area contributed by atoms with Gasteiger partial charge in [0.15, 0.2) is 0 Å². The Labute approximate surface area is 177 Å². The number of benzene rings is 2. The Bertz CT molecular complexity index is 834. The van der Waals surface area contributed by atoms with Gasteiger partial charge in [0.1, 0.15) is 5.75 Å². The summed E-state index contributed by atoms with van der Waals surface area (Å²) in [5.74, 6) is 1.88. The van der Waals surface area contributed by atoms with Crippen LogP contribution in [0, 0.1) is 0 Å². The lowest BCUT2D eigenvalue weighted by Crippen LogP contribution is -2.27. The van der Waals surface area contributed by atoms with Crippen molar-refractivity contribution in [1.29, 1.82) is 0 Å². The highest BCUT2D eigenvalue weighted by Crippen LogP contribution is 2.35. The molecule has 0 saturated carbocycles. The molecule has 1 unspecified atom stereocenters. The minimum Gasteiger partial charge on any atom is -0.497 e. The van der Waals surface area contributed by atoms with Crippen molar-refractivity contribution in [3.05, 3.63) is 83.4 Å². The molecule has 0 aliphatic rings. The molecule has 0 N–H and O–H groups in total. The van der Waals surface area contributed by atoms with E-state index in [0.29, 0.717) is 0 Å². The maximum atomic E-state index is 6.00. The summed E-state index contributed by atoms with van der Waals surface area (Å²) in [6.45, 7) is 3.32. The minimum atomic E-state index is 0.132. The third-order valence-electron chi connectivity index (χ3n) is 4.91. The molecule has 0 amide bonds. The molecule has 148 valence electrons. The van der Waals surface area contributed by atoms with Gasteiger partial charge in [-0.2, -0.15) is 0 Å². The number of aromatic nitrogens is 2. The Morgan fingerprint density at radius 1 is 1.07 bits per heavy atom. The number of methoxy groups -OCH3 is 1. The fraction of sp³-hybridized carbons (Fsp3) is 0.348. The van der Waals surface area contributed by atoms with Crippen molar-refractivity contribution in [3.63, 3.8) is 0 Å². The Balaban J connectivity index is 1.61. The highest BCUT2D eigenvalue weighted by molar-refractivity contribution is 7.99. The maximum absolute atomic E-state index is 6.00. The van der Waals surface area contributed by atoms with Crippen molar-refractivity contribution in [1.82, 2.24) is 9.55 Å². The molecule has 2 aromatic carbocycles. The first-order valence-electron chi connectivity index (χ1n) is 9.53. The zero-order chi connectivity index (χ0) is 19.8. The van der Waals surface area contributed by atoms with Gasteiger partial charge in [-0.1, -0.05) is 35.9 Å². The van der Waals surface area contributed by atoms with Crippen molar-refractivity contribution < 1.29 is 4.74 Å². The average Bonchev–Trinajstić information content (AvgIpc) is 3.21. The van der Waals surface area contributed by atoms with Gasteiger partial charge in [-0.3, -0.25) is 0 Å². The largest absolute Gasteiger partial charge is 0.497 e. The van der Waals surface area contributed by atoms with Gasteiger partial charge >= 0.3 is 0 Å². The van der Waals surface area contributed by atoms with E-state index in [1.807, 2.05) is 54.7 Å². The van der Waals surface area contributed by atoms with Crippen LogP contribution in [0.4, 0.5) is 0 Å². The molecule has 0 spiro atoms. The van der Waals surface area contributed by atoms with E-state index in [2.05, 4.69) is 40.7 Å². The monoisotopic (exact) mass is 414 g/mol. The first-order chi connectivity index (χ1) is 13.6. The predicted octanol–water partition coefficient (Wildman–Crippen LogP) is 6.26. The van der Waals surface area contributed by atoms with E-state index in [9.17, 15) is 0 Å². The summed E-state index contributed by atoms with van der Waals surface area (Å²) in [5, 5.41) is 0.795. The first-order valence-corrected chi connectivity index (χ1v) is 10.9. The number of aryl methyl sites for hydroxylation is 1. The normalized spacial score (nSPS) is 13.2. The lowest BCUT2D eigenvalue weighted by atomic mass is 10.00. The number of halogens is 1. The Morgan fingerprint density at radius 3 is 2.43 bits per heavy atom. The van der Waals surface area contributed by atoms with Gasteiger partial charge in [-0.05, 0) is 61.6 Å². The Kier molecular flexibility index (Phi) is 7.46. The summed E-state index contributed by atoms with van der Waals surface area (Å²) in [6, 6.07) is 16.6. The topological polar surface area (TPSA) is 27.1 Å². The molecule has 0 aliphatic carbocycles. The van der Waals surface area contributed by atoms with Crippen LogP contribution in [0.15, 0.2) is 67.3 Å². The van der Waals surface area contributed by atoms with E-state index < -0.39 is 0 Å². The molecule has 3 aromatic rings. The second-order valence-corrected chi connectivity index (χ2v) is 9.30. The number of imidazole rings is 1. The van der Waals surface area contributed by atoms with E-state index in [0.717, 1.165) is 42.3 Å². The fourth-order valence-electron chi connectivity index (χ4n) is 3.26. The van der Waals surface area contributed by atoms with Crippen LogP contribution in [0.3, 0.4) is 0 Å². The van der Waals surface area contributed by atoms with Crippen molar-refractivity contribution in [2.45, 2.75) is 43.2 Å².